The molecule has 1 nitrogen and oxygen atoms in total. The quantitative estimate of drug-likeness (QED) is 0.802. The number of benzene rings is 1. The maximum absolute atomic E-state index is 12.9. The second-order valence-corrected chi connectivity index (χ2v) is 4.71. The minimum atomic E-state index is -0.704. The smallest absolute Gasteiger partial charge is 0.124 e. The van der Waals surface area contributed by atoms with E-state index in [2.05, 4.69) is 15.9 Å². The first-order valence-electron chi connectivity index (χ1n) is 4.95. The highest BCUT2D eigenvalue weighted by molar-refractivity contribution is 9.10. The van der Waals surface area contributed by atoms with Crippen molar-refractivity contribution >= 4 is 15.9 Å². The van der Waals surface area contributed by atoms with E-state index in [9.17, 15) is 8.78 Å². The summed E-state index contributed by atoms with van der Waals surface area (Å²) in [7, 11) is 0. The molecule has 82 valence electrons. The van der Waals surface area contributed by atoms with E-state index in [1.54, 1.807) is 6.07 Å². The summed E-state index contributed by atoms with van der Waals surface area (Å²) >= 11 is 3.31. The maximum Gasteiger partial charge on any atom is 0.124 e. The summed E-state index contributed by atoms with van der Waals surface area (Å²) in [6, 6.07) is 4.62. The number of likely N-dealkylation sites (tertiary alicyclic amines) is 1. The third-order valence-electron chi connectivity index (χ3n) is 2.62. The van der Waals surface area contributed by atoms with Crippen LogP contribution >= 0.6 is 15.9 Å². The van der Waals surface area contributed by atoms with Gasteiger partial charge in [-0.15, -0.1) is 0 Å². The summed E-state index contributed by atoms with van der Waals surface area (Å²) in [6.07, 6.45) is -0.0945. The molecule has 0 aromatic heterocycles. The zero-order valence-electron chi connectivity index (χ0n) is 8.22. The van der Waals surface area contributed by atoms with Crippen molar-refractivity contribution in [3.8, 4) is 0 Å². The normalized spacial score (nSPS) is 22.2. The molecule has 1 atom stereocenters. The minimum Gasteiger partial charge on any atom is -0.296 e. The summed E-state index contributed by atoms with van der Waals surface area (Å²) in [4.78, 5) is 2.04. The number of halogens is 3. The van der Waals surface area contributed by atoms with Crippen molar-refractivity contribution < 1.29 is 8.78 Å². The average molecular weight is 276 g/mol. The van der Waals surface area contributed by atoms with Crippen molar-refractivity contribution in [2.75, 3.05) is 13.1 Å². The van der Waals surface area contributed by atoms with Crippen molar-refractivity contribution in [1.29, 1.82) is 0 Å². The highest BCUT2D eigenvalue weighted by Gasteiger charge is 2.21. The van der Waals surface area contributed by atoms with Crippen molar-refractivity contribution in [2.24, 2.45) is 0 Å². The predicted molar refractivity (Wildman–Crippen MR) is 58.9 cm³/mol. The van der Waals surface area contributed by atoms with Crippen LogP contribution in [-0.4, -0.2) is 24.2 Å². The minimum absolute atomic E-state index is 0.254. The highest BCUT2D eigenvalue weighted by Crippen LogP contribution is 2.22. The Morgan fingerprint density at radius 1 is 1.47 bits per heavy atom. The number of rotatable bonds is 2. The molecule has 1 saturated heterocycles. The number of alkyl halides is 1. The van der Waals surface area contributed by atoms with Crippen LogP contribution in [0, 0.1) is 5.82 Å². The lowest BCUT2D eigenvalue weighted by atomic mass is 10.2. The lowest BCUT2D eigenvalue weighted by Crippen LogP contribution is -2.20. The summed E-state index contributed by atoms with van der Waals surface area (Å²) < 4.78 is 26.5. The van der Waals surface area contributed by atoms with E-state index in [0.29, 0.717) is 19.5 Å². The van der Waals surface area contributed by atoms with E-state index in [4.69, 9.17) is 0 Å². The van der Waals surface area contributed by atoms with E-state index in [0.717, 1.165) is 16.6 Å². The molecule has 1 fully saturated rings. The van der Waals surface area contributed by atoms with Gasteiger partial charge in [0, 0.05) is 24.1 Å². The van der Waals surface area contributed by atoms with Gasteiger partial charge in [-0.2, -0.15) is 0 Å². The van der Waals surface area contributed by atoms with E-state index >= 15 is 0 Å². The van der Waals surface area contributed by atoms with Crippen molar-refractivity contribution in [1.82, 2.24) is 4.90 Å². The topological polar surface area (TPSA) is 3.24 Å². The largest absolute Gasteiger partial charge is 0.296 e. The van der Waals surface area contributed by atoms with Gasteiger partial charge >= 0.3 is 0 Å². The average Bonchev–Trinajstić information content (AvgIpc) is 2.56. The number of hydrogen-bond acceptors (Lipinski definition) is 1. The lowest BCUT2D eigenvalue weighted by molar-refractivity contribution is 0.282. The van der Waals surface area contributed by atoms with Crippen LogP contribution < -0.4 is 0 Å². The second kappa shape index (κ2) is 4.58. The molecule has 0 amide bonds. The predicted octanol–water partition coefficient (Wildman–Crippen LogP) is 3.13. The molecule has 1 heterocycles. The van der Waals surface area contributed by atoms with E-state index in [1.807, 2.05) is 4.90 Å². The molecule has 1 aliphatic rings. The Morgan fingerprint density at radius 2 is 2.27 bits per heavy atom. The molecule has 1 aliphatic heterocycles. The SMILES string of the molecule is Fc1ccc(CN2CC[C@@H](F)C2)c(Br)c1. The molecule has 1 aromatic carbocycles. The highest BCUT2D eigenvalue weighted by atomic mass is 79.9. The van der Waals surface area contributed by atoms with E-state index in [1.165, 1.54) is 12.1 Å². The molecule has 0 spiro atoms. The van der Waals surface area contributed by atoms with Gasteiger partial charge in [0.2, 0.25) is 0 Å². The van der Waals surface area contributed by atoms with Gasteiger partial charge in [-0.1, -0.05) is 22.0 Å². The standard InChI is InChI=1S/C11H12BrF2N/c12-11-5-9(13)2-1-8(11)6-15-4-3-10(14)7-15/h1-2,5,10H,3-4,6-7H2/t10-/m1/s1. The number of nitrogens with zero attached hydrogens (tertiary/aromatic N) is 1. The zero-order chi connectivity index (χ0) is 10.8. The van der Waals surface area contributed by atoms with Crippen LogP contribution in [0.2, 0.25) is 0 Å². The van der Waals surface area contributed by atoms with Crippen molar-refractivity contribution in [3.63, 3.8) is 0 Å². The Morgan fingerprint density at radius 3 is 2.87 bits per heavy atom. The molecule has 0 radical (unpaired) electrons. The Bertz CT molecular complexity index is 356. The molecular formula is C11H12BrF2N. The first-order chi connectivity index (χ1) is 7.15. The van der Waals surface area contributed by atoms with Crippen molar-refractivity contribution in [2.45, 2.75) is 19.1 Å². The van der Waals surface area contributed by atoms with Gasteiger partial charge < -0.3 is 0 Å². The molecule has 15 heavy (non-hydrogen) atoms. The van der Waals surface area contributed by atoms with E-state index < -0.39 is 6.17 Å². The van der Waals surface area contributed by atoms with E-state index in [-0.39, 0.29) is 5.82 Å². The summed E-state index contributed by atoms with van der Waals surface area (Å²) in [5, 5.41) is 0. The molecule has 0 aliphatic carbocycles. The van der Waals surface area contributed by atoms with Gasteiger partial charge in [-0.3, -0.25) is 4.90 Å². The molecule has 0 bridgehead atoms. The summed E-state index contributed by atoms with van der Waals surface area (Å²) in [5.41, 5.74) is 1.01. The molecular weight excluding hydrogens is 264 g/mol. The van der Waals surface area contributed by atoms with Crippen LogP contribution in [0.25, 0.3) is 0 Å². The molecule has 1 aromatic rings. The third-order valence-corrected chi connectivity index (χ3v) is 3.36. The van der Waals surface area contributed by atoms with Gasteiger partial charge in [0.15, 0.2) is 0 Å². The molecule has 0 N–H and O–H groups in total. The summed E-state index contributed by atoms with van der Waals surface area (Å²) in [5.74, 6) is -0.254. The van der Waals surface area contributed by atoms with Crippen LogP contribution in [0.4, 0.5) is 8.78 Å². The first kappa shape index (κ1) is 11.0. The number of hydrogen-bond donors (Lipinski definition) is 0. The van der Waals surface area contributed by atoms with Gasteiger partial charge in [0.1, 0.15) is 12.0 Å². The van der Waals surface area contributed by atoms with Crippen LogP contribution in [0.3, 0.4) is 0 Å². The van der Waals surface area contributed by atoms with Gasteiger partial charge in [-0.05, 0) is 24.1 Å². The zero-order valence-corrected chi connectivity index (χ0v) is 9.80. The molecule has 0 unspecified atom stereocenters. The fraction of sp³-hybridized carbons (Fsp3) is 0.455. The maximum atomic E-state index is 12.9. The van der Waals surface area contributed by atoms with Crippen LogP contribution in [0.5, 0.6) is 0 Å². The summed E-state index contributed by atoms with van der Waals surface area (Å²) in [6.45, 7) is 1.95. The lowest BCUT2D eigenvalue weighted by Gasteiger charge is -2.15. The first-order valence-corrected chi connectivity index (χ1v) is 5.75. The van der Waals surface area contributed by atoms with Crippen molar-refractivity contribution in [3.05, 3.63) is 34.1 Å². The Labute approximate surface area is 96.2 Å². The Balaban J connectivity index is 2.04. The van der Waals surface area contributed by atoms with Gasteiger partial charge in [0.05, 0.1) is 0 Å². The molecule has 0 saturated carbocycles. The Kier molecular flexibility index (Phi) is 3.36. The fourth-order valence-corrected chi connectivity index (χ4v) is 2.30. The van der Waals surface area contributed by atoms with Crippen LogP contribution in [-0.2, 0) is 6.54 Å². The van der Waals surface area contributed by atoms with Gasteiger partial charge in [0.25, 0.3) is 0 Å². The van der Waals surface area contributed by atoms with Crippen LogP contribution in [0.1, 0.15) is 12.0 Å². The molecule has 2 rings (SSSR count). The monoisotopic (exact) mass is 275 g/mol. The van der Waals surface area contributed by atoms with Crippen LogP contribution in [0.15, 0.2) is 22.7 Å². The second-order valence-electron chi connectivity index (χ2n) is 3.86. The Hall–Kier alpha value is -0.480. The van der Waals surface area contributed by atoms with Gasteiger partial charge in [-0.25, -0.2) is 8.78 Å². The third kappa shape index (κ3) is 2.75. The molecule has 4 heteroatoms. The fourth-order valence-electron chi connectivity index (χ4n) is 1.82.